The Bertz CT molecular complexity index is 1670. The molecule has 0 saturated carbocycles. The van der Waals surface area contributed by atoms with Crippen LogP contribution in [0.25, 0.3) is 33.2 Å². The highest BCUT2D eigenvalue weighted by molar-refractivity contribution is 7.92. The largest absolute Gasteiger partial charge is 0.417 e. The molecule has 10 heteroatoms. The maximum Gasteiger partial charge on any atom is 0.417 e. The zero-order valence-electron chi connectivity index (χ0n) is 18.4. The molecule has 36 heavy (non-hydrogen) atoms. The first-order valence-electron chi connectivity index (χ1n) is 10.7. The van der Waals surface area contributed by atoms with E-state index < -0.39 is 26.7 Å². The van der Waals surface area contributed by atoms with E-state index in [1.807, 2.05) is 36.4 Å². The molecule has 5 rings (SSSR count). The topological polar surface area (TPSA) is 84.8 Å². The van der Waals surface area contributed by atoms with Crippen LogP contribution in [0.3, 0.4) is 0 Å². The molecule has 0 atom stereocenters. The van der Waals surface area contributed by atoms with Gasteiger partial charge in [-0.1, -0.05) is 18.2 Å². The van der Waals surface area contributed by atoms with Crippen molar-refractivity contribution in [2.45, 2.75) is 11.1 Å². The molecular weight excluding hydrogens is 489 g/mol. The number of fused-ring (bicyclic) bond motifs is 1. The molecule has 0 bridgehead atoms. The fraction of sp³-hybridized carbons (Fsp3) is 0.0385. The summed E-state index contributed by atoms with van der Waals surface area (Å²) in [6.45, 7) is 0. The molecule has 0 aliphatic rings. The molecule has 6 nitrogen and oxygen atoms in total. The van der Waals surface area contributed by atoms with Gasteiger partial charge in [-0.25, -0.2) is 8.42 Å². The monoisotopic (exact) mass is 506 g/mol. The van der Waals surface area contributed by atoms with Crippen molar-refractivity contribution < 1.29 is 21.6 Å². The first-order chi connectivity index (χ1) is 17.2. The molecule has 0 aliphatic heterocycles. The number of pyridine rings is 3. The molecule has 3 aromatic heterocycles. The van der Waals surface area contributed by atoms with Crippen molar-refractivity contribution in [3.63, 3.8) is 0 Å². The van der Waals surface area contributed by atoms with E-state index >= 15 is 0 Å². The lowest BCUT2D eigenvalue weighted by molar-refractivity contribution is -0.139. The third kappa shape index (κ3) is 4.63. The summed E-state index contributed by atoms with van der Waals surface area (Å²) in [6.07, 6.45) is 3.07. The lowest BCUT2D eigenvalue weighted by Crippen LogP contribution is -2.19. The number of nitrogens with one attached hydrogen (secondary N) is 1. The van der Waals surface area contributed by atoms with Gasteiger partial charge in [0.15, 0.2) is 0 Å². The summed E-state index contributed by atoms with van der Waals surface area (Å²) >= 11 is 0. The summed E-state index contributed by atoms with van der Waals surface area (Å²) in [5.41, 5.74) is 2.76. The number of alkyl halides is 3. The van der Waals surface area contributed by atoms with Gasteiger partial charge in [0.1, 0.15) is 0 Å². The van der Waals surface area contributed by atoms with Crippen LogP contribution in [-0.4, -0.2) is 23.4 Å². The molecular formula is C26H17F3N4O2S. The summed E-state index contributed by atoms with van der Waals surface area (Å²) in [6, 6.07) is 16.8. The minimum Gasteiger partial charge on any atom is -0.278 e. The number of hydrogen-bond donors (Lipinski definition) is 1. The van der Waals surface area contributed by atoms with Gasteiger partial charge in [-0.15, -0.1) is 0 Å². The number of sulfonamides is 1. The SMILES string of the molecule is O=S(=O)(Nc1cncc(-c2ccc3nccc(-c4ccncc4)c3c2)c1)c1ccccc1C(F)(F)F. The zero-order chi connectivity index (χ0) is 25.3. The molecule has 5 aromatic rings. The Morgan fingerprint density at radius 3 is 2.31 bits per heavy atom. The third-order valence-corrected chi connectivity index (χ3v) is 6.98. The number of benzene rings is 2. The lowest BCUT2D eigenvalue weighted by atomic mass is 9.98. The van der Waals surface area contributed by atoms with Gasteiger partial charge in [-0.3, -0.25) is 19.7 Å². The van der Waals surface area contributed by atoms with E-state index in [1.54, 1.807) is 24.8 Å². The van der Waals surface area contributed by atoms with Crippen LogP contribution < -0.4 is 4.72 Å². The molecule has 0 radical (unpaired) electrons. The molecule has 0 aliphatic carbocycles. The average Bonchev–Trinajstić information content (AvgIpc) is 2.88. The van der Waals surface area contributed by atoms with E-state index in [1.165, 1.54) is 18.3 Å². The number of nitrogens with zero attached hydrogens (tertiary/aromatic N) is 3. The van der Waals surface area contributed by atoms with Crippen molar-refractivity contribution in [3.8, 4) is 22.3 Å². The number of aromatic nitrogens is 3. The third-order valence-electron chi connectivity index (χ3n) is 5.54. The van der Waals surface area contributed by atoms with Gasteiger partial charge in [0.05, 0.1) is 27.9 Å². The predicted molar refractivity (Wildman–Crippen MR) is 130 cm³/mol. The Morgan fingerprint density at radius 2 is 1.53 bits per heavy atom. The van der Waals surface area contributed by atoms with E-state index in [2.05, 4.69) is 19.7 Å². The standard InChI is InChI=1S/C26H17F3N4O2S/c27-26(28,29)23-3-1-2-4-25(23)36(34,35)33-20-13-19(15-31-16-20)18-5-6-24-22(14-18)21(9-12-32-24)17-7-10-30-11-8-17/h1-16,33H. The Hall–Kier alpha value is -4.31. The van der Waals surface area contributed by atoms with Crippen LogP contribution in [0.2, 0.25) is 0 Å². The highest BCUT2D eigenvalue weighted by Gasteiger charge is 2.36. The first-order valence-corrected chi connectivity index (χ1v) is 12.1. The fourth-order valence-electron chi connectivity index (χ4n) is 3.91. The van der Waals surface area contributed by atoms with Crippen LogP contribution in [0.5, 0.6) is 0 Å². The summed E-state index contributed by atoms with van der Waals surface area (Å²) < 4.78 is 68.0. The first kappa shape index (κ1) is 23.4. The fourth-order valence-corrected chi connectivity index (χ4v) is 5.17. The second-order valence-electron chi connectivity index (χ2n) is 7.89. The van der Waals surface area contributed by atoms with E-state index in [0.717, 1.165) is 45.8 Å². The van der Waals surface area contributed by atoms with Gasteiger partial charge in [-0.05, 0) is 65.2 Å². The molecule has 1 N–H and O–H groups in total. The second-order valence-corrected chi connectivity index (χ2v) is 9.54. The van der Waals surface area contributed by atoms with Crippen molar-refractivity contribution in [1.29, 1.82) is 0 Å². The second kappa shape index (κ2) is 9.04. The van der Waals surface area contributed by atoms with Gasteiger partial charge in [-0.2, -0.15) is 13.2 Å². The number of rotatable bonds is 5. The number of halogens is 3. The van der Waals surface area contributed by atoms with Crippen LogP contribution in [0, 0.1) is 0 Å². The van der Waals surface area contributed by atoms with Crippen LogP contribution >= 0.6 is 0 Å². The molecule has 3 heterocycles. The van der Waals surface area contributed by atoms with E-state index in [0.29, 0.717) is 5.56 Å². The van der Waals surface area contributed by atoms with E-state index in [-0.39, 0.29) is 5.69 Å². The van der Waals surface area contributed by atoms with Gasteiger partial charge < -0.3 is 0 Å². The van der Waals surface area contributed by atoms with Gasteiger partial charge in [0, 0.05) is 35.7 Å². The van der Waals surface area contributed by atoms with Crippen LogP contribution in [0.4, 0.5) is 18.9 Å². The average molecular weight is 507 g/mol. The van der Waals surface area contributed by atoms with Crippen molar-refractivity contribution in [3.05, 3.63) is 103 Å². The molecule has 0 amide bonds. The molecule has 2 aromatic carbocycles. The highest BCUT2D eigenvalue weighted by Crippen LogP contribution is 2.35. The van der Waals surface area contributed by atoms with Crippen molar-refractivity contribution in [2.24, 2.45) is 0 Å². The summed E-state index contributed by atoms with van der Waals surface area (Å²) in [7, 11) is -4.53. The van der Waals surface area contributed by atoms with Crippen molar-refractivity contribution in [2.75, 3.05) is 4.72 Å². The Labute approximate surface area is 204 Å². The van der Waals surface area contributed by atoms with Crippen molar-refractivity contribution >= 4 is 26.6 Å². The minimum absolute atomic E-state index is 0.0325. The Balaban J connectivity index is 1.53. The number of anilines is 1. The molecule has 180 valence electrons. The zero-order valence-corrected chi connectivity index (χ0v) is 19.3. The van der Waals surface area contributed by atoms with Gasteiger partial charge in [0.2, 0.25) is 0 Å². The molecule has 0 saturated heterocycles. The lowest BCUT2D eigenvalue weighted by Gasteiger charge is -2.14. The Morgan fingerprint density at radius 1 is 0.750 bits per heavy atom. The quantitative estimate of drug-likeness (QED) is 0.308. The van der Waals surface area contributed by atoms with Crippen LogP contribution in [0.1, 0.15) is 5.56 Å². The maximum absolute atomic E-state index is 13.4. The summed E-state index contributed by atoms with van der Waals surface area (Å²) in [5.74, 6) is 0. The summed E-state index contributed by atoms with van der Waals surface area (Å²) in [4.78, 5) is 11.7. The van der Waals surface area contributed by atoms with Crippen LogP contribution in [-0.2, 0) is 16.2 Å². The van der Waals surface area contributed by atoms with Crippen LogP contribution in [0.15, 0.2) is 103 Å². The normalized spacial score (nSPS) is 12.0. The van der Waals surface area contributed by atoms with Crippen molar-refractivity contribution in [1.82, 2.24) is 15.0 Å². The predicted octanol–water partition coefficient (Wildman–Crippen LogP) is 6.18. The van der Waals surface area contributed by atoms with Gasteiger partial charge >= 0.3 is 6.18 Å². The summed E-state index contributed by atoms with van der Waals surface area (Å²) in [5, 5.41) is 0.867. The van der Waals surface area contributed by atoms with Gasteiger partial charge in [0.25, 0.3) is 10.0 Å². The van der Waals surface area contributed by atoms with E-state index in [4.69, 9.17) is 0 Å². The molecule has 0 fully saturated rings. The molecule has 0 unspecified atom stereocenters. The minimum atomic E-state index is -4.82. The van der Waals surface area contributed by atoms with E-state index in [9.17, 15) is 21.6 Å². The highest BCUT2D eigenvalue weighted by atomic mass is 32.2. The molecule has 0 spiro atoms. The maximum atomic E-state index is 13.4. The number of hydrogen-bond acceptors (Lipinski definition) is 5. The smallest absolute Gasteiger partial charge is 0.278 e. The Kier molecular flexibility index (Phi) is 5.89.